The molecule has 0 aliphatic heterocycles. The monoisotopic (exact) mass is 497 g/mol. The van der Waals surface area contributed by atoms with E-state index in [9.17, 15) is 13.2 Å². The Kier molecular flexibility index (Phi) is 5.77. The van der Waals surface area contributed by atoms with E-state index in [-0.39, 0.29) is 10.8 Å². The van der Waals surface area contributed by atoms with Gasteiger partial charge in [0.2, 0.25) is 0 Å². The number of nitrogens with zero attached hydrogens (tertiary/aromatic N) is 3. The van der Waals surface area contributed by atoms with Crippen LogP contribution in [0.15, 0.2) is 90.1 Å². The summed E-state index contributed by atoms with van der Waals surface area (Å²) in [6.07, 6.45) is 4.52. The van der Waals surface area contributed by atoms with Crippen LogP contribution in [-0.4, -0.2) is 35.3 Å². The molecule has 8 nitrogen and oxygen atoms in total. The molecule has 0 fully saturated rings. The molecule has 0 saturated carbocycles. The summed E-state index contributed by atoms with van der Waals surface area (Å²) in [6.45, 7) is 1.85. The fourth-order valence-corrected chi connectivity index (χ4v) is 5.03. The van der Waals surface area contributed by atoms with Gasteiger partial charge in [0.25, 0.3) is 5.91 Å². The van der Waals surface area contributed by atoms with Gasteiger partial charge in [0.05, 0.1) is 28.2 Å². The van der Waals surface area contributed by atoms with Crippen LogP contribution in [0.5, 0.6) is 0 Å². The van der Waals surface area contributed by atoms with Crippen LogP contribution in [-0.2, 0) is 9.84 Å². The Labute approximate surface area is 208 Å². The summed E-state index contributed by atoms with van der Waals surface area (Å²) in [5.41, 5.74) is 9.82. The van der Waals surface area contributed by atoms with E-state index in [0.29, 0.717) is 28.2 Å². The molecule has 0 aliphatic carbocycles. The van der Waals surface area contributed by atoms with Crippen molar-refractivity contribution < 1.29 is 13.2 Å². The molecule has 2 heterocycles. The molecule has 0 saturated heterocycles. The number of hydrogen-bond donors (Lipinski definition) is 2. The highest BCUT2D eigenvalue weighted by Gasteiger charge is 2.16. The number of fused-ring (bicyclic) bond motifs is 1. The van der Waals surface area contributed by atoms with Gasteiger partial charge in [0, 0.05) is 40.4 Å². The molecule has 0 spiro atoms. The first-order valence-electron chi connectivity index (χ1n) is 11.1. The third-order valence-corrected chi connectivity index (χ3v) is 6.99. The lowest BCUT2D eigenvalue weighted by Crippen LogP contribution is -2.15. The van der Waals surface area contributed by atoms with Crippen LogP contribution in [0, 0.1) is 6.92 Å². The zero-order chi connectivity index (χ0) is 25.4. The lowest BCUT2D eigenvalue weighted by molar-refractivity contribution is 0.102. The zero-order valence-corrected chi connectivity index (χ0v) is 20.5. The van der Waals surface area contributed by atoms with Crippen LogP contribution in [0.25, 0.3) is 27.6 Å². The molecule has 5 rings (SSSR count). The van der Waals surface area contributed by atoms with E-state index < -0.39 is 9.84 Å². The van der Waals surface area contributed by atoms with Crippen molar-refractivity contribution in [2.75, 3.05) is 17.3 Å². The SMILES string of the molecule is Cc1cc(NC(=O)c2ccc(-c3ccccc3S(C)(=O)=O)cc2)n(-c2ccc3c(N)cncc3c2)n1. The fourth-order valence-electron chi connectivity index (χ4n) is 4.12. The van der Waals surface area contributed by atoms with Crippen LogP contribution in [0.4, 0.5) is 11.5 Å². The van der Waals surface area contributed by atoms with Crippen molar-refractivity contribution in [1.29, 1.82) is 0 Å². The molecule has 1 amide bonds. The van der Waals surface area contributed by atoms with Gasteiger partial charge in [-0.1, -0.05) is 36.4 Å². The molecule has 0 bridgehead atoms. The first-order valence-corrected chi connectivity index (χ1v) is 13.0. The Balaban J connectivity index is 1.43. The topological polar surface area (TPSA) is 120 Å². The van der Waals surface area contributed by atoms with Crippen LogP contribution in [0.1, 0.15) is 16.1 Å². The Morgan fingerprint density at radius 1 is 0.972 bits per heavy atom. The molecule has 0 unspecified atom stereocenters. The van der Waals surface area contributed by atoms with Gasteiger partial charge >= 0.3 is 0 Å². The third kappa shape index (κ3) is 4.44. The van der Waals surface area contributed by atoms with Crippen molar-refractivity contribution in [2.24, 2.45) is 0 Å². The maximum absolute atomic E-state index is 13.1. The molecule has 9 heteroatoms. The highest BCUT2D eigenvalue weighted by Crippen LogP contribution is 2.28. The standard InChI is InChI=1S/C27H23N5O3S/c1-17-13-26(32(31-17)21-11-12-22-20(14-21)15-29-16-24(22)28)30-27(33)19-9-7-18(8-10-19)23-5-3-4-6-25(23)36(2,34)35/h3-16H,28H2,1-2H3,(H,30,33). The third-order valence-electron chi connectivity index (χ3n) is 5.84. The molecule has 180 valence electrons. The second-order valence-corrected chi connectivity index (χ2v) is 10.5. The van der Waals surface area contributed by atoms with Gasteiger partial charge in [0.15, 0.2) is 9.84 Å². The van der Waals surface area contributed by atoms with Crippen molar-refractivity contribution in [1.82, 2.24) is 14.8 Å². The molecule has 5 aromatic rings. The van der Waals surface area contributed by atoms with Crippen LogP contribution in [0.3, 0.4) is 0 Å². The molecule has 0 radical (unpaired) electrons. The van der Waals surface area contributed by atoms with E-state index in [4.69, 9.17) is 5.73 Å². The number of sulfone groups is 1. The predicted octanol–water partition coefficient (Wildman–Crippen LogP) is 4.63. The number of pyridine rings is 1. The lowest BCUT2D eigenvalue weighted by atomic mass is 10.0. The molecule has 2 aromatic heterocycles. The maximum atomic E-state index is 13.1. The molecular formula is C27H23N5O3S. The normalized spacial score (nSPS) is 11.5. The number of nitrogens with one attached hydrogen (secondary N) is 1. The van der Waals surface area contributed by atoms with Crippen molar-refractivity contribution in [3.8, 4) is 16.8 Å². The fraction of sp³-hybridized carbons (Fsp3) is 0.0741. The van der Waals surface area contributed by atoms with E-state index >= 15 is 0 Å². The predicted molar refractivity (Wildman–Crippen MR) is 141 cm³/mol. The van der Waals surface area contributed by atoms with Crippen LogP contribution in [0.2, 0.25) is 0 Å². The molecule has 0 aliphatic rings. The van der Waals surface area contributed by atoms with Crippen molar-refractivity contribution in [2.45, 2.75) is 11.8 Å². The molecule has 3 aromatic carbocycles. The first kappa shape index (κ1) is 23.3. The van der Waals surface area contributed by atoms with Crippen molar-refractivity contribution in [3.05, 3.63) is 96.4 Å². The summed E-state index contributed by atoms with van der Waals surface area (Å²) < 4.78 is 26.0. The summed E-state index contributed by atoms with van der Waals surface area (Å²) in [6, 6.07) is 21.1. The summed E-state index contributed by atoms with van der Waals surface area (Å²) in [5.74, 6) is 0.200. The Morgan fingerprint density at radius 3 is 2.47 bits per heavy atom. The maximum Gasteiger partial charge on any atom is 0.256 e. The number of nitrogens with two attached hydrogens (primary N) is 1. The number of amides is 1. The Morgan fingerprint density at radius 2 is 1.72 bits per heavy atom. The number of hydrogen-bond acceptors (Lipinski definition) is 6. The second-order valence-electron chi connectivity index (χ2n) is 8.52. The lowest BCUT2D eigenvalue weighted by Gasteiger charge is -2.11. The van der Waals surface area contributed by atoms with Crippen molar-refractivity contribution in [3.63, 3.8) is 0 Å². The molecular weight excluding hydrogens is 474 g/mol. The van der Waals surface area contributed by atoms with E-state index in [1.165, 1.54) is 6.26 Å². The van der Waals surface area contributed by atoms with Gasteiger partial charge in [-0.05, 0) is 42.8 Å². The minimum absolute atomic E-state index is 0.244. The number of benzene rings is 3. The average molecular weight is 498 g/mol. The molecule has 3 N–H and O–H groups in total. The number of anilines is 2. The zero-order valence-electron chi connectivity index (χ0n) is 19.6. The summed E-state index contributed by atoms with van der Waals surface area (Å²) >= 11 is 0. The minimum Gasteiger partial charge on any atom is -0.397 e. The van der Waals surface area contributed by atoms with Gasteiger partial charge in [-0.25, -0.2) is 13.1 Å². The quantitative estimate of drug-likeness (QED) is 0.365. The highest BCUT2D eigenvalue weighted by molar-refractivity contribution is 7.90. The van der Waals surface area contributed by atoms with Gasteiger partial charge in [-0.3, -0.25) is 9.78 Å². The van der Waals surface area contributed by atoms with Gasteiger partial charge in [-0.15, -0.1) is 0 Å². The number of rotatable bonds is 5. The van der Waals surface area contributed by atoms with E-state index in [1.54, 1.807) is 71.7 Å². The second kappa shape index (κ2) is 8.94. The highest BCUT2D eigenvalue weighted by atomic mass is 32.2. The van der Waals surface area contributed by atoms with E-state index in [0.717, 1.165) is 22.2 Å². The summed E-state index contributed by atoms with van der Waals surface area (Å²) in [7, 11) is -3.39. The van der Waals surface area contributed by atoms with Crippen LogP contribution >= 0.6 is 0 Å². The van der Waals surface area contributed by atoms with Crippen molar-refractivity contribution >= 4 is 38.0 Å². The molecule has 36 heavy (non-hydrogen) atoms. The Hall–Kier alpha value is -4.50. The summed E-state index contributed by atoms with van der Waals surface area (Å²) in [4.78, 5) is 17.5. The van der Waals surface area contributed by atoms with E-state index in [2.05, 4.69) is 15.4 Å². The van der Waals surface area contributed by atoms with Gasteiger partial charge in [0.1, 0.15) is 5.82 Å². The van der Waals surface area contributed by atoms with Gasteiger partial charge < -0.3 is 11.1 Å². The largest absolute Gasteiger partial charge is 0.397 e. The first-order chi connectivity index (χ1) is 17.2. The molecule has 0 atom stereocenters. The smallest absolute Gasteiger partial charge is 0.256 e. The van der Waals surface area contributed by atoms with Crippen LogP contribution < -0.4 is 11.1 Å². The summed E-state index contributed by atoms with van der Waals surface area (Å²) in [5, 5.41) is 9.22. The number of aromatic nitrogens is 3. The Bertz CT molecular complexity index is 1720. The minimum atomic E-state index is -3.39. The van der Waals surface area contributed by atoms with Gasteiger partial charge in [-0.2, -0.15) is 5.10 Å². The average Bonchev–Trinajstić information content (AvgIpc) is 3.23. The number of carbonyl (C=O) groups is 1. The number of nitrogen functional groups attached to an aromatic ring is 1. The van der Waals surface area contributed by atoms with E-state index in [1.807, 2.05) is 25.1 Å². The number of carbonyl (C=O) groups excluding carboxylic acids is 1. The number of aryl methyl sites for hydroxylation is 1.